The molecule has 3 aromatic heterocycles. The average molecular weight is 327 g/mol. The molecular weight excluding hydrogens is 310 g/mol. The quantitative estimate of drug-likeness (QED) is 0.767. The summed E-state index contributed by atoms with van der Waals surface area (Å²) < 4.78 is 8.18. The SMILES string of the molecule is O=C(O)n1cccc1-c1cnc2ccc(NC3CCOCC3)nn12. The zero-order valence-electron chi connectivity index (χ0n) is 12.9. The molecule has 8 nitrogen and oxygen atoms in total. The minimum absolute atomic E-state index is 0.332. The van der Waals surface area contributed by atoms with Gasteiger partial charge in [-0.25, -0.2) is 14.3 Å². The van der Waals surface area contributed by atoms with Crippen LogP contribution in [0.2, 0.25) is 0 Å². The van der Waals surface area contributed by atoms with E-state index in [0.717, 1.165) is 36.4 Å². The molecule has 0 saturated carbocycles. The highest BCUT2D eigenvalue weighted by atomic mass is 16.5. The molecule has 0 bridgehead atoms. The van der Waals surface area contributed by atoms with Gasteiger partial charge in [0, 0.05) is 25.5 Å². The van der Waals surface area contributed by atoms with E-state index in [9.17, 15) is 9.90 Å². The zero-order chi connectivity index (χ0) is 16.5. The third-order valence-corrected chi connectivity index (χ3v) is 4.15. The van der Waals surface area contributed by atoms with Gasteiger partial charge in [0.05, 0.1) is 11.9 Å². The van der Waals surface area contributed by atoms with Crippen molar-refractivity contribution in [1.29, 1.82) is 0 Å². The van der Waals surface area contributed by atoms with E-state index < -0.39 is 6.09 Å². The molecule has 1 aliphatic rings. The Morgan fingerprint density at radius 3 is 2.88 bits per heavy atom. The lowest BCUT2D eigenvalue weighted by atomic mass is 10.1. The number of carboxylic acid groups (broad SMARTS) is 1. The molecule has 0 aliphatic carbocycles. The van der Waals surface area contributed by atoms with E-state index in [1.54, 1.807) is 22.8 Å². The molecule has 24 heavy (non-hydrogen) atoms. The van der Waals surface area contributed by atoms with Crippen molar-refractivity contribution in [3.05, 3.63) is 36.7 Å². The van der Waals surface area contributed by atoms with E-state index >= 15 is 0 Å². The molecule has 0 amide bonds. The largest absolute Gasteiger partial charge is 0.464 e. The van der Waals surface area contributed by atoms with Gasteiger partial charge in [0.15, 0.2) is 5.65 Å². The highest BCUT2D eigenvalue weighted by Crippen LogP contribution is 2.22. The summed E-state index contributed by atoms with van der Waals surface area (Å²) in [6.07, 6.45) is 3.98. The Bertz CT molecular complexity index is 879. The molecule has 0 radical (unpaired) electrons. The predicted molar refractivity (Wildman–Crippen MR) is 87.3 cm³/mol. The first-order chi connectivity index (χ1) is 11.7. The van der Waals surface area contributed by atoms with E-state index in [-0.39, 0.29) is 0 Å². The molecule has 0 atom stereocenters. The minimum Gasteiger partial charge on any atom is -0.464 e. The summed E-state index contributed by atoms with van der Waals surface area (Å²) in [7, 11) is 0. The van der Waals surface area contributed by atoms with Crippen LogP contribution in [0.5, 0.6) is 0 Å². The van der Waals surface area contributed by atoms with Crippen molar-refractivity contribution >= 4 is 17.6 Å². The normalized spacial score (nSPS) is 15.7. The molecule has 1 aliphatic heterocycles. The third-order valence-electron chi connectivity index (χ3n) is 4.15. The Hall–Kier alpha value is -2.87. The molecule has 2 N–H and O–H groups in total. The number of hydrogen-bond acceptors (Lipinski definition) is 5. The Balaban J connectivity index is 1.70. The van der Waals surface area contributed by atoms with Crippen molar-refractivity contribution in [2.75, 3.05) is 18.5 Å². The van der Waals surface area contributed by atoms with Gasteiger partial charge in [-0.3, -0.25) is 4.57 Å². The van der Waals surface area contributed by atoms with E-state index in [2.05, 4.69) is 15.4 Å². The van der Waals surface area contributed by atoms with Crippen LogP contribution in [0, 0.1) is 0 Å². The van der Waals surface area contributed by atoms with Crippen LogP contribution in [0.1, 0.15) is 12.8 Å². The van der Waals surface area contributed by atoms with Crippen LogP contribution in [0.3, 0.4) is 0 Å². The zero-order valence-corrected chi connectivity index (χ0v) is 12.9. The maximum absolute atomic E-state index is 11.3. The average Bonchev–Trinajstić information content (AvgIpc) is 3.21. The van der Waals surface area contributed by atoms with Crippen LogP contribution in [-0.4, -0.2) is 49.6 Å². The Kier molecular flexibility index (Phi) is 3.66. The second kappa shape index (κ2) is 5.97. The minimum atomic E-state index is -1.04. The van der Waals surface area contributed by atoms with Crippen LogP contribution in [-0.2, 0) is 4.74 Å². The highest BCUT2D eigenvalue weighted by molar-refractivity contribution is 5.76. The number of ether oxygens (including phenoxy) is 1. The van der Waals surface area contributed by atoms with E-state index in [1.807, 2.05) is 12.1 Å². The van der Waals surface area contributed by atoms with Crippen LogP contribution in [0.25, 0.3) is 17.0 Å². The second-order valence-corrected chi connectivity index (χ2v) is 5.71. The molecule has 0 unspecified atom stereocenters. The number of rotatable bonds is 3. The third kappa shape index (κ3) is 2.61. The molecular formula is C16H17N5O3. The number of nitrogens with zero attached hydrogens (tertiary/aromatic N) is 4. The van der Waals surface area contributed by atoms with Crippen molar-refractivity contribution in [3.8, 4) is 11.4 Å². The molecule has 4 rings (SSSR count). The topological polar surface area (TPSA) is 93.7 Å². The molecule has 3 aromatic rings. The second-order valence-electron chi connectivity index (χ2n) is 5.71. The fraction of sp³-hybridized carbons (Fsp3) is 0.312. The van der Waals surface area contributed by atoms with Gasteiger partial charge in [-0.2, -0.15) is 0 Å². The monoisotopic (exact) mass is 327 g/mol. The summed E-state index contributed by atoms with van der Waals surface area (Å²) in [6, 6.07) is 7.51. The lowest BCUT2D eigenvalue weighted by Crippen LogP contribution is -2.28. The fourth-order valence-corrected chi connectivity index (χ4v) is 2.93. The highest BCUT2D eigenvalue weighted by Gasteiger charge is 2.17. The summed E-state index contributed by atoms with van der Waals surface area (Å²) in [5.74, 6) is 0.738. The summed E-state index contributed by atoms with van der Waals surface area (Å²) in [6.45, 7) is 1.50. The molecule has 1 saturated heterocycles. The van der Waals surface area contributed by atoms with Gasteiger partial charge in [0.1, 0.15) is 11.5 Å². The standard InChI is InChI=1S/C16H17N5O3/c22-16(23)20-7-1-2-12(20)13-10-17-15-4-3-14(19-21(13)15)18-11-5-8-24-9-6-11/h1-4,7,10-11H,5-6,8-9H2,(H,18,19)(H,22,23). The Morgan fingerprint density at radius 1 is 1.25 bits per heavy atom. The lowest BCUT2D eigenvalue weighted by Gasteiger charge is -2.23. The number of anilines is 1. The summed E-state index contributed by atoms with van der Waals surface area (Å²) in [5, 5.41) is 17.3. The maximum atomic E-state index is 11.3. The molecule has 124 valence electrons. The first-order valence-electron chi connectivity index (χ1n) is 7.82. The van der Waals surface area contributed by atoms with Crippen LogP contribution in [0.15, 0.2) is 36.7 Å². The number of hydrogen-bond donors (Lipinski definition) is 2. The number of aromatic nitrogens is 4. The van der Waals surface area contributed by atoms with E-state index in [4.69, 9.17) is 4.74 Å². The van der Waals surface area contributed by atoms with Gasteiger partial charge in [-0.15, -0.1) is 5.10 Å². The maximum Gasteiger partial charge on any atom is 0.416 e. The van der Waals surface area contributed by atoms with Gasteiger partial charge in [0.2, 0.25) is 0 Å². The van der Waals surface area contributed by atoms with Crippen LogP contribution >= 0.6 is 0 Å². The number of imidazole rings is 1. The summed E-state index contributed by atoms with van der Waals surface area (Å²) >= 11 is 0. The summed E-state index contributed by atoms with van der Waals surface area (Å²) in [4.78, 5) is 15.6. The van der Waals surface area contributed by atoms with Crippen LogP contribution < -0.4 is 5.32 Å². The van der Waals surface area contributed by atoms with E-state index in [1.165, 1.54) is 6.20 Å². The molecule has 1 fully saturated rings. The number of carbonyl (C=O) groups is 1. The van der Waals surface area contributed by atoms with Gasteiger partial charge < -0.3 is 15.2 Å². The first kappa shape index (κ1) is 14.7. The first-order valence-corrected chi connectivity index (χ1v) is 7.82. The number of fused-ring (bicyclic) bond motifs is 1. The van der Waals surface area contributed by atoms with Crippen molar-refractivity contribution in [2.45, 2.75) is 18.9 Å². The van der Waals surface area contributed by atoms with Crippen molar-refractivity contribution in [3.63, 3.8) is 0 Å². The molecule has 0 spiro atoms. The van der Waals surface area contributed by atoms with Gasteiger partial charge in [0.25, 0.3) is 0 Å². The smallest absolute Gasteiger partial charge is 0.416 e. The van der Waals surface area contributed by atoms with Gasteiger partial charge >= 0.3 is 6.09 Å². The summed E-state index contributed by atoms with van der Waals surface area (Å²) in [5.41, 5.74) is 1.83. The Labute approximate surface area is 137 Å². The van der Waals surface area contributed by atoms with Crippen LogP contribution in [0.4, 0.5) is 10.6 Å². The van der Waals surface area contributed by atoms with Gasteiger partial charge in [-0.05, 0) is 37.1 Å². The number of nitrogens with one attached hydrogen (secondary N) is 1. The van der Waals surface area contributed by atoms with Crippen molar-refractivity contribution in [2.24, 2.45) is 0 Å². The molecule has 0 aromatic carbocycles. The fourth-order valence-electron chi connectivity index (χ4n) is 2.93. The van der Waals surface area contributed by atoms with Crippen molar-refractivity contribution < 1.29 is 14.6 Å². The Morgan fingerprint density at radius 2 is 2.08 bits per heavy atom. The lowest BCUT2D eigenvalue weighted by molar-refractivity contribution is 0.0903. The van der Waals surface area contributed by atoms with Crippen molar-refractivity contribution in [1.82, 2.24) is 19.2 Å². The molecule has 4 heterocycles. The van der Waals surface area contributed by atoms with Gasteiger partial charge in [-0.1, -0.05) is 0 Å². The predicted octanol–water partition coefficient (Wildman–Crippen LogP) is 2.31. The van der Waals surface area contributed by atoms with E-state index in [0.29, 0.717) is 23.1 Å². The molecule has 8 heteroatoms.